The van der Waals surface area contributed by atoms with E-state index in [1.807, 2.05) is 47.4 Å². The molecule has 3 heterocycles. The van der Waals surface area contributed by atoms with Gasteiger partial charge in [-0.3, -0.25) is 9.59 Å². The van der Waals surface area contributed by atoms with Crippen LogP contribution in [0.2, 0.25) is 5.02 Å². The molecule has 31 heavy (non-hydrogen) atoms. The van der Waals surface area contributed by atoms with Crippen molar-refractivity contribution >= 4 is 40.9 Å². The molecule has 2 aromatic carbocycles. The Morgan fingerprint density at radius 3 is 2.61 bits per heavy atom. The third-order valence-electron chi connectivity index (χ3n) is 6.00. The van der Waals surface area contributed by atoms with E-state index >= 15 is 0 Å². The normalized spacial score (nSPS) is 20.2. The third kappa shape index (κ3) is 4.20. The number of piperidine rings is 1. The topological polar surface area (TPSA) is 59.1 Å². The van der Waals surface area contributed by atoms with E-state index < -0.39 is 5.79 Å². The molecule has 2 aromatic rings. The lowest BCUT2D eigenvalue weighted by Gasteiger charge is -2.37. The molecule has 2 saturated heterocycles. The van der Waals surface area contributed by atoms with Gasteiger partial charge in [0.05, 0.1) is 31.2 Å². The summed E-state index contributed by atoms with van der Waals surface area (Å²) in [6.45, 7) is 2.84. The highest BCUT2D eigenvalue weighted by molar-refractivity contribution is 8.00. The number of ether oxygens (including phenoxy) is 2. The highest BCUT2D eigenvalue weighted by Gasteiger charge is 2.41. The zero-order chi connectivity index (χ0) is 21.4. The van der Waals surface area contributed by atoms with Crippen LogP contribution in [0, 0.1) is 0 Å². The summed E-state index contributed by atoms with van der Waals surface area (Å²) in [5, 5.41) is 0.638. The SMILES string of the molecule is O=C(c1ccc2c(c1)N(Cc1cccc(Cl)c1)C(=O)CS2)N1CCC2(CC1)OCCO2. The first kappa shape index (κ1) is 20.8. The fourth-order valence-corrected chi connectivity index (χ4v) is 5.47. The number of hydrogen-bond donors (Lipinski definition) is 0. The maximum absolute atomic E-state index is 13.2. The van der Waals surface area contributed by atoms with E-state index in [-0.39, 0.29) is 11.8 Å². The summed E-state index contributed by atoms with van der Waals surface area (Å²) in [4.78, 5) is 30.5. The molecular formula is C23H23ClN2O4S. The molecule has 8 heteroatoms. The van der Waals surface area contributed by atoms with Gasteiger partial charge in [0.2, 0.25) is 5.91 Å². The van der Waals surface area contributed by atoms with Crippen LogP contribution in [-0.2, 0) is 20.8 Å². The van der Waals surface area contributed by atoms with Crippen molar-refractivity contribution in [3.8, 4) is 0 Å². The zero-order valence-electron chi connectivity index (χ0n) is 17.0. The number of hydrogen-bond acceptors (Lipinski definition) is 5. The molecule has 162 valence electrons. The first-order valence-electron chi connectivity index (χ1n) is 10.4. The van der Waals surface area contributed by atoms with E-state index in [1.165, 1.54) is 11.8 Å². The Morgan fingerprint density at radius 2 is 1.87 bits per heavy atom. The molecule has 3 aliphatic rings. The molecule has 0 unspecified atom stereocenters. The van der Waals surface area contributed by atoms with E-state index in [9.17, 15) is 9.59 Å². The summed E-state index contributed by atoms with van der Waals surface area (Å²) >= 11 is 7.63. The lowest BCUT2D eigenvalue weighted by atomic mass is 10.0. The number of thioether (sulfide) groups is 1. The van der Waals surface area contributed by atoms with Crippen molar-refractivity contribution in [2.45, 2.75) is 30.1 Å². The average molecular weight is 459 g/mol. The van der Waals surface area contributed by atoms with Crippen LogP contribution in [0.25, 0.3) is 0 Å². The molecule has 0 aromatic heterocycles. The highest BCUT2D eigenvalue weighted by atomic mass is 35.5. The van der Waals surface area contributed by atoms with Crippen LogP contribution in [0.4, 0.5) is 5.69 Å². The van der Waals surface area contributed by atoms with Crippen LogP contribution in [-0.4, -0.2) is 54.6 Å². The van der Waals surface area contributed by atoms with Gasteiger partial charge in [-0.15, -0.1) is 11.8 Å². The molecule has 1 spiro atoms. The smallest absolute Gasteiger partial charge is 0.253 e. The summed E-state index contributed by atoms with van der Waals surface area (Å²) in [6.07, 6.45) is 1.36. The molecule has 6 nitrogen and oxygen atoms in total. The van der Waals surface area contributed by atoms with Crippen molar-refractivity contribution in [1.82, 2.24) is 4.90 Å². The predicted molar refractivity (Wildman–Crippen MR) is 120 cm³/mol. The first-order valence-corrected chi connectivity index (χ1v) is 11.8. The summed E-state index contributed by atoms with van der Waals surface area (Å²) in [5.41, 5.74) is 2.32. The maximum atomic E-state index is 13.2. The monoisotopic (exact) mass is 458 g/mol. The van der Waals surface area contributed by atoms with Crippen molar-refractivity contribution in [3.05, 3.63) is 58.6 Å². The van der Waals surface area contributed by atoms with E-state index in [0.29, 0.717) is 62.0 Å². The van der Waals surface area contributed by atoms with Gasteiger partial charge in [-0.25, -0.2) is 0 Å². The van der Waals surface area contributed by atoms with Gasteiger partial charge in [-0.2, -0.15) is 0 Å². The van der Waals surface area contributed by atoms with E-state index in [2.05, 4.69) is 0 Å². The first-order chi connectivity index (χ1) is 15.0. The Labute approximate surface area is 190 Å². The quantitative estimate of drug-likeness (QED) is 0.696. The minimum Gasteiger partial charge on any atom is -0.347 e. The van der Waals surface area contributed by atoms with E-state index in [1.54, 1.807) is 4.90 Å². The van der Waals surface area contributed by atoms with E-state index in [4.69, 9.17) is 21.1 Å². The molecule has 0 aliphatic carbocycles. The number of carbonyl (C=O) groups is 2. The number of amides is 2. The van der Waals surface area contributed by atoms with Crippen molar-refractivity contribution in [1.29, 1.82) is 0 Å². The third-order valence-corrected chi connectivity index (χ3v) is 7.29. The van der Waals surface area contributed by atoms with Gasteiger partial charge in [0.15, 0.2) is 5.79 Å². The minimum absolute atomic E-state index is 0.0255. The molecular weight excluding hydrogens is 436 g/mol. The van der Waals surface area contributed by atoms with Gasteiger partial charge in [0, 0.05) is 41.4 Å². The zero-order valence-corrected chi connectivity index (χ0v) is 18.6. The molecule has 0 atom stereocenters. The number of nitrogens with zero attached hydrogens (tertiary/aromatic N) is 2. The van der Waals surface area contributed by atoms with Crippen LogP contribution in [0.1, 0.15) is 28.8 Å². The Kier molecular flexibility index (Phi) is 5.69. The largest absolute Gasteiger partial charge is 0.347 e. The number of halogens is 1. The maximum Gasteiger partial charge on any atom is 0.253 e. The number of carbonyl (C=O) groups excluding carboxylic acids is 2. The molecule has 3 aliphatic heterocycles. The summed E-state index contributed by atoms with van der Waals surface area (Å²) in [5.74, 6) is -0.127. The van der Waals surface area contributed by atoms with Crippen molar-refractivity contribution in [2.75, 3.05) is 37.0 Å². The molecule has 2 amide bonds. The van der Waals surface area contributed by atoms with Crippen LogP contribution >= 0.6 is 23.4 Å². The fraction of sp³-hybridized carbons (Fsp3) is 0.391. The lowest BCUT2D eigenvalue weighted by Crippen LogP contribution is -2.47. The molecule has 0 radical (unpaired) electrons. The van der Waals surface area contributed by atoms with E-state index in [0.717, 1.165) is 16.1 Å². The number of anilines is 1. The van der Waals surface area contributed by atoms with Gasteiger partial charge < -0.3 is 19.3 Å². The molecule has 0 bridgehead atoms. The van der Waals surface area contributed by atoms with Crippen molar-refractivity contribution in [2.24, 2.45) is 0 Å². The van der Waals surface area contributed by atoms with Gasteiger partial charge >= 0.3 is 0 Å². The molecule has 0 saturated carbocycles. The standard InChI is InChI=1S/C23H23ClN2O4S/c24-18-3-1-2-16(12-18)14-26-19-13-17(4-5-20(19)31-15-21(26)27)22(28)25-8-6-23(7-9-25)29-10-11-30-23/h1-5,12-13H,6-11,14-15H2. The lowest BCUT2D eigenvalue weighted by molar-refractivity contribution is -0.181. The van der Waals surface area contributed by atoms with Crippen molar-refractivity contribution < 1.29 is 19.1 Å². The van der Waals surface area contributed by atoms with Gasteiger partial charge in [0.25, 0.3) is 5.91 Å². The van der Waals surface area contributed by atoms with Crippen molar-refractivity contribution in [3.63, 3.8) is 0 Å². The van der Waals surface area contributed by atoms with Gasteiger partial charge in [-0.05, 0) is 35.9 Å². The van der Waals surface area contributed by atoms with Gasteiger partial charge in [0.1, 0.15) is 0 Å². The fourth-order valence-electron chi connectivity index (χ4n) is 4.35. The Balaban J connectivity index is 1.36. The van der Waals surface area contributed by atoms with Crippen LogP contribution in [0.15, 0.2) is 47.4 Å². The van der Waals surface area contributed by atoms with Crippen LogP contribution in [0.3, 0.4) is 0 Å². The summed E-state index contributed by atoms with van der Waals surface area (Å²) < 4.78 is 11.5. The van der Waals surface area contributed by atoms with Crippen LogP contribution < -0.4 is 4.90 Å². The number of benzene rings is 2. The molecule has 5 rings (SSSR count). The predicted octanol–water partition coefficient (Wildman–Crippen LogP) is 3.96. The Bertz CT molecular complexity index is 1010. The molecule has 0 N–H and O–H groups in total. The minimum atomic E-state index is -0.510. The summed E-state index contributed by atoms with van der Waals surface area (Å²) in [6, 6.07) is 13.2. The second-order valence-electron chi connectivity index (χ2n) is 7.98. The number of likely N-dealkylation sites (tertiary alicyclic amines) is 1. The summed E-state index contributed by atoms with van der Waals surface area (Å²) in [7, 11) is 0. The Hall–Kier alpha value is -2.06. The average Bonchev–Trinajstić information content (AvgIpc) is 3.23. The second-order valence-corrected chi connectivity index (χ2v) is 9.43. The Morgan fingerprint density at radius 1 is 1.10 bits per heavy atom. The number of fused-ring (bicyclic) bond motifs is 1. The van der Waals surface area contributed by atoms with Crippen LogP contribution in [0.5, 0.6) is 0 Å². The highest BCUT2D eigenvalue weighted by Crippen LogP contribution is 2.38. The number of rotatable bonds is 3. The molecule has 2 fully saturated rings. The second kappa shape index (κ2) is 8.47. The van der Waals surface area contributed by atoms with Gasteiger partial charge in [-0.1, -0.05) is 23.7 Å².